The summed E-state index contributed by atoms with van der Waals surface area (Å²) in [6, 6.07) is 10.2. The quantitative estimate of drug-likeness (QED) is 0.735. The zero-order valence-corrected chi connectivity index (χ0v) is 14.4. The molecule has 1 aliphatic rings. The molecule has 4 nitrogen and oxygen atoms in total. The van der Waals surface area contributed by atoms with Gasteiger partial charge in [0.1, 0.15) is 5.82 Å². The molecule has 0 bridgehead atoms. The molecular weight excluding hydrogens is 337 g/mol. The second-order valence-corrected chi connectivity index (χ2v) is 7.14. The van der Waals surface area contributed by atoms with Crippen LogP contribution in [0.2, 0.25) is 0 Å². The van der Waals surface area contributed by atoms with Crippen molar-refractivity contribution in [3.05, 3.63) is 76.5 Å². The Balaban J connectivity index is 1.50. The van der Waals surface area contributed by atoms with E-state index >= 15 is 0 Å². The molecular formula is C19H18FN3OS. The fourth-order valence-corrected chi connectivity index (χ4v) is 3.90. The molecule has 25 heavy (non-hydrogen) atoms. The van der Waals surface area contributed by atoms with Crippen molar-refractivity contribution in [2.24, 2.45) is 0 Å². The van der Waals surface area contributed by atoms with Crippen molar-refractivity contribution in [2.75, 3.05) is 6.54 Å². The van der Waals surface area contributed by atoms with E-state index in [4.69, 9.17) is 0 Å². The lowest BCUT2D eigenvalue weighted by atomic mass is 9.95. The van der Waals surface area contributed by atoms with Crippen molar-refractivity contribution in [3.8, 4) is 0 Å². The molecule has 128 valence electrons. The maximum Gasteiger partial charge on any atom is 0.230 e. The van der Waals surface area contributed by atoms with Gasteiger partial charge in [-0.25, -0.2) is 4.39 Å². The molecule has 1 saturated carbocycles. The second-order valence-electron chi connectivity index (χ2n) is 6.36. The van der Waals surface area contributed by atoms with E-state index in [2.05, 4.69) is 21.9 Å². The molecule has 0 unspecified atom stereocenters. The van der Waals surface area contributed by atoms with Crippen molar-refractivity contribution in [2.45, 2.75) is 24.3 Å². The summed E-state index contributed by atoms with van der Waals surface area (Å²) in [5, 5.41) is 11.5. The van der Waals surface area contributed by atoms with Crippen LogP contribution >= 0.6 is 11.3 Å². The minimum absolute atomic E-state index is 0.00601. The SMILES string of the molecule is O=C(NC[C@H](c1ccsc1)n1cccn1)C1(c2ccc(F)cc2)CC1. The van der Waals surface area contributed by atoms with Crippen LogP contribution in [0.25, 0.3) is 0 Å². The summed E-state index contributed by atoms with van der Waals surface area (Å²) in [5.74, 6) is -0.275. The van der Waals surface area contributed by atoms with Crippen molar-refractivity contribution >= 4 is 17.2 Å². The van der Waals surface area contributed by atoms with Crippen LogP contribution in [0.3, 0.4) is 0 Å². The van der Waals surface area contributed by atoms with Crippen molar-refractivity contribution < 1.29 is 9.18 Å². The van der Waals surface area contributed by atoms with E-state index in [0.29, 0.717) is 6.54 Å². The molecule has 1 aromatic carbocycles. The first kappa shape index (κ1) is 16.0. The summed E-state index contributed by atoms with van der Waals surface area (Å²) in [4.78, 5) is 12.8. The van der Waals surface area contributed by atoms with Gasteiger partial charge in [0, 0.05) is 18.9 Å². The van der Waals surface area contributed by atoms with Gasteiger partial charge in [0.15, 0.2) is 0 Å². The summed E-state index contributed by atoms with van der Waals surface area (Å²) in [7, 11) is 0. The molecule has 1 atom stereocenters. The van der Waals surface area contributed by atoms with Crippen LogP contribution in [0.15, 0.2) is 59.6 Å². The van der Waals surface area contributed by atoms with E-state index < -0.39 is 5.41 Å². The van der Waals surface area contributed by atoms with Gasteiger partial charge in [-0.3, -0.25) is 9.48 Å². The van der Waals surface area contributed by atoms with Gasteiger partial charge in [-0.05, 0) is 59.0 Å². The van der Waals surface area contributed by atoms with Gasteiger partial charge in [0.05, 0.1) is 11.5 Å². The summed E-state index contributed by atoms with van der Waals surface area (Å²) in [6.45, 7) is 0.472. The van der Waals surface area contributed by atoms with Gasteiger partial charge < -0.3 is 5.32 Å². The molecule has 3 aromatic rings. The Morgan fingerprint density at radius 2 is 2.12 bits per heavy atom. The third kappa shape index (κ3) is 3.09. The molecule has 1 fully saturated rings. The zero-order valence-electron chi connectivity index (χ0n) is 13.6. The number of carbonyl (C=O) groups is 1. The number of halogens is 1. The number of hydrogen-bond donors (Lipinski definition) is 1. The number of hydrogen-bond acceptors (Lipinski definition) is 3. The summed E-state index contributed by atoms with van der Waals surface area (Å²) >= 11 is 1.63. The zero-order chi connectivity index (χ0) is 17.3. The minimum atomic E-state index is -0.503. The number of rotatable bonds is 6. The minimum Gasteiger partial charge on any atom is -0.353 e. The first-order chi connectivity index (χ1) is 12.2. The summed E-state index contributed by atoms with van der Waals surface area (Å²) in [5.41, 5.74) is 1.51. The Hall–Kier alpha value is -2.47. The second kappa shape index (κ2) is 6.44. The van der Waals surface area contributed by atoms with E-state index in [1.165, 1.54) is 12.1 Å². The lowest BCUT2D eigenvalue weighted by molar-refractivity contribution is -0.123. The van der Waals surface area contributed by atoms with Gasteiger partial charge in [-0.15, -0.1) is 0 Å². The number of thiophene rings is 1. The van der Waals surface area contributed by atoms with Gasteiger partial charge in [-0.1, -0.05) is 12.1 Å². The monoisotopic (exact) mass is 355 g/mol. The fourth-order valence-electron chi connectivity index (χ4n) is 3.19. The standard InChI is InChI=1S/C19H18FN3OS/c20-16-4-2-15(3-5-16)19(7-8-19)18(24)21-12-17(14-6-11-25-13-14)23-10-1-9-22-23/h1-6,9-11,13,17H,7-8,12H2,(H,21,24)/t17-/m1/s1. The average molecular weight is 355 g/mol. The van der Waals surface area contributed by atoms with E-state index in [9.17, 15) is 9.18 Å². The highest BCUT2D eigenvalue weighted by atomic mass is 32.1. The topological polar surface area (TPSA) is 46.9 Å². The Labute approximate surface area is 149 Å². The first-order valence-electron chi connectivity index (χ1n) is 8.25. The third-order valence-electron chi connectivity index (χ3n) is 4.81. The largest absolute Gasteiger partial charge is 0.353 e. The highest BCUT2D eigenvalue weighted by molar-refractivity contribution is 7.07. The number of amides is 1. The van der Waals surface area contributed by atoms with Crippen LogP contribution in [-0.4, -0.2) is 22.2 Å². The molecule has 1 N–H and O–H groups in total. The highest BCUT2D eigenvalue weighted by Gasteiger charge is 2.51. The Bertz CT molecular complexity index is 805. The summed E-state index contributed by atoms with van der Waals surface area (Å²) in [6.07, 6.45) is 5.24. The molecule has 0 spiro atoms. The highest BCUT2D eigenvalue weighted by Crippen LogP contribution is 2.48. The normalized spacial score (nSPS) is 16.4. The van der Waals surface area contributed by atoms with Crippen LogP contribution < -0.4 is 5.32 Å². The predicted octanol–water partition coefficient (Wildman–Crippen LogP) is 3.52. The third-order valence-corrected chi connectivity index (χ3v) is 5.51. The smallest absolute Gasteiger partial charge is 0.230 e. The number of aromatic nitrogens is 2. The van der Waals surface area contributed by atoms with Crippen LogP contribution in [0, 0.1) is 5.82 Å². The number of benzene rings is 1. The molecule has 2 aromatic heterocycles. The van der Waals surface area contributed by atoms with Crippen molar-refractivity contribution in [1.82, 2.24) is 15.1 Å². The lowest BCUT2D eigenvalue weighted by Crippen LogP contribution is -2.38. The molecule has 0 radical (unpaired) electrons. The first-order valence-corrected chi connectivity index (χ1v) is 9.19. The molecule has 6 heteroatoms. The van der Waals surface area contributed by atoms with Gasteiger partial charge >= 0.3 is 0 Å². The Morgan fingerprint density at radius 3 is 2.72 bits per heavy atom. The van der Waals surface area contributed by atoms with E-state index in [-0.39, 0.29) is 17.8 Å². The average Bonchev–Trinajstić information content (AvgIpc) is 3.02. The van der Waals surface area contributed by atoms with Gasteiger partial charge in [-0.2, -0.15) is 16.4 Å². The Kier molecular flexibility index (Phi) is 4.13. The maximum atomic E-state index is 13.2. The van der Waals surface area contributed by atoms with Gasteiger partial charge in [0.2, 0.25) is 5.91 Å². The molecule has 1 amide bonds. The van der Waals surface area contributed by atoms with E-state index in [1.807, 2.05) is 22.3 Å². The van der Waals surface area contributed by atoms with Crippen LogP contribution in [-0.2, 0) is 10.2 Å². The predicted molar refractivity (Wildman–Crippen MR) is 95.0 cm³/mol. The van der Waals surface area contributed by atoms with E-state index in [0.717, 1.165) is 24.0 Å². The number of nitrogens with one attached hydrogen (secondary N) is 1. The van der Waals surface area contributed by atoms with E-state index in [1.54, 1.807) is 29.7 Å². The Morgan fingerprint density at radius 1 is 1.32 bits per heavy atom. The van der Waals surface area contributed by atoms with Crippen LogP contribution in [0.1, 0.15) is 30.0 Å². The molecule has 4 rings (SSSR count). The molecule has 0 aliphatic heterocycles. The molecule has 0 saturated heterocycles. The number of nitrogens with zero attached hydrogens (tertiary/aromatic N) is 2. The van der Waals surface area contributed by atoms with Crippen LogP contribution in [0.5, 0.6) is 0 Å². The fraction of sp³-hybridized carbons (Fsp3) is 0.263. The summed E-state index contributed by atoms with van der Waals surface area (Å²) < 4.78 is 15.0. The maximum absolute atomic E-state index is 13.2. The van der Waals surface area contributed by atoms with Crippen molar-refractivity contribution in [1.29, 1.82) is 0 Å². The van der Waals surface area contributed by atoms with Crippen molar-refractivity contribution in [3.63, 3.8) is 0 Å². The molecule has 1 aliphatic carbocycles. The van der Waals surface area contributed by atoms with Crippen LogP contribution in [0.4, 0.5) is 4.39 Å². The molecule has 2 heterocycles. The number of carbonyl (C=O) groups excluding carboxylic acids is 1. The van der Waals surface area contributed by atoms with Gasteiger partial charge in [0.25, 0.3) is 0 Å². The lowest BCUT2D eigenvalue weighted by Gasteiger charge is -2.21.